The van der Waals surface area contributed by atoms with E-state index >= 15 is 0 Å². The first-order valence-electron chi connectivity index (χ1n) is 9.24. The van der Waals surface area contributed by atoms with Crippen LogP contribution in [0.1, 0.15) is 26.8 Å². The monoisotopic (exact) mass is 401 g/mol. The van der Waals surface area contributed by atoms with Crippen LogP contribution in [-0.2, 0) is 9.53 Å². The third kappa shape index (κ3) is 4.52. The van der Waals surface area contributed by atoms with Gasteiger partial charge in [0.1, 0.15) is 0 Å². The average Bonchev–Trinajstić information content (AvgIpc) is 3.30. The molecule has 0 spiro atoms. The summed E-state index contributed by atoms with van der Waals surface area (Å²) in [5, 5.41) is 6.93. The van der Waals surface area contributed by atoms with Gasteiger partial charge in [-0.1, -0.05) is 66.7 Å². The second kappa shape index (κ2) is 8.71. The van der Waals surface area contributed by atoms with E-state index in [1.165, 1.54) is 0 Å². The Kier molecular flexibility index (Phi) is 5.68. The van der Waals surface area contributed by atoms with Crippen molar-refractivity contribution >= 4 is 34.0 Å². The van der Waals surface area contributed by atoms with Crippen LogP contribution in [0.4, 0.5) is 0 Å². The zero-order chi connectivity index (χ0) is 20.1. The van der Waals surface area contributed by atoms with Crippen molar-refractivity contribution < 1.29 is 14.3 Å². The Hall–Kier alpha value is -3.44. The minimum Gasteiger partial charge on any atom is -0.452 e. The standard InChI is InChI=1S/C24H19NO3S/c26-22(25-23(21-11-6-14-29-21)18-8-2-1-3-9-18)16-28-24(27)20-13-12-17-7-4-5-10-19(17)15-20/h1-15,23H,16H2,(H,25,26)/t23-/m1/s1. The van der Waals surface area contributed by atoms with Crippen molar-refractivity contribution in [3.05, 3.63) is 106 Å². The van der Waals surface area contributed by atoms with Crippen molar-refractivity contribution in [2.75, 3.05) is 6.61 Å². The number of nitrogens with one attached hydrogen (secondary N) is 1. The molecule has 0 bridgehead atoms. The van der Waals surface area contributed by atoms with Crippen LogP contribution >= 0.6 is 11.3 Å². The zero-order valence-corrected chi connectivity index (χ0v) is 16.4. The number of rotatable bonds is 6. The number of benzene rings is 3. The Bertz CT molecular complexity index is 1120. The van der Waals surface area contributed by atoms with E-state index in [-0.39, 0.29) is 18.6 Å². The first-order chi connectivity index (χ1) is 14.2. The number of hydrogen-bond donors (Lipinski definition) is 1. The molecule has 0 fully saturated rings. The molecule has 3 aromatic carbocycles. The van der Waals surface area contributed by atoms with Crippen LogP contribution in [-0.4, -0.2) is 18.5 Å². The predicted octanol–water partition coefficient (Wildman–Crippen LogP) is 4.96. The lowest BCUT2D eigenvalue weighted by molar-refractivity contribution is -0.124. The Balaban J connectivity index is 1.42. The molecule has 0 aliphatic rings. The Labute approximate surface area is 172 Å². The van der Waals surface area contributed by atoms with Crippen LogP contribution in [0.15, 0.2) is 90.3 Å². The van der Waals surface area contributed by atoms with E-state index in [1.807, 2.05) is 78.2 Å². The van der Waals surface area contributed by atoms with Crippen molar-refractivity contribution in [3.8, 4) is 0 Å². The van der Waals surface area contributed by atoms with Gasteiger partial charge >= 0.3 is 5.97 Å². The number of hydrogen-bond acceptors (Lipinski definition) is 4. The molecule has 0 radical (unpaired) electrons. The smallest absolute Gasteiger partial charge is 0.338 e. The maximum Gasteiger partial charge on any atom is 0.338 e. The lowest BCUT2D eigenvalue weighted by Crippen LogP contribution is -2.32. The fourth-order valence-corrected chi connectivity index (χ4v) is 3.96. The van der Waals surface area contributed by atoms with Gasteiger partial charge in [-0.25, -0.2) is 4.79 Å². The molecular formula is C24H19NO3S. The van der Waals surface area contributed by atoms with E-state index < -0.39 is 5.97 Å². The number of thiophene rings is 1. The normalized spacial score (nSPS) is 11.7. The first-order valence-corrected chi connectivity index (χ1v) is 10.1. The van der Waals surface area contributed by atoms with E-state index in [9.17, 15) is 9.59 Å². The van der Waals surface area contributed by atoms with Crippen molar-refractivity contribution in [2.24, 2.45) is 0 Å². The lowest BCUT2D eigenvalue weighted by atomic mass is 10.1. The topological polar surface area (TPSA) is 55.4 Å². The quantitative estimate of drug-likeness (QED) is 0.465. The number of fused-ring (bicyclic) bond motifs is 1. The number of amides is 1. The highest BCUT2D eigenvalue weighted by atomic mass is 32.1. The largest absolute Gasteiger partial charge is 0.452 e. The number of esters is 1. The molecule has 0 aliphatic heterocycles. The fraction of sp³-hybridized carbons (Fsp3) is 0.0833. The van der Waals surface area contributed by atoms with Crippen LogP contribution in [0.25, 0.3) is 10.8 Å². The lowest BCUT2D eigenvalue weighted by Gasteiger charge is -2.18. The predicted molar refractivity (Wildman–Crippen MR) is 115 cm³/mol. The molecule has 4 aromatic rings. The van der Waals surface area contributed by atoms with Gasteiger partial charge in [-0.05, 0) is 39.9 Å². The molecule has 0 unspecified atom stereocenters. The Morgan fingerprint density at radius 2 is 1.62 bits per heavy atom. The molecule has 0 aliphatic carbocycles. The highest BCUT2D eigenvalue weighted by molar-refractivity contribution is 7.10. The van der Waals surface area contributed by atoms with Crippen LogP contribution in [0.5, 0.6) is 0 Å². The van der Waals surface area contributed by atoms with Crippen LogP contribution in [0.2, 0.25) is 0 Å². The Morgan fingerprint density at radius 1 is 0.862 bits per heavy atom. The molecule has 0 saturated heterocycles. The molecule has 29 heavy (non-hydrogen) atoms. The van der Waals surface area contributed by atoms with Crippen molar-refractivity contribution in [2.45, 2.75) is 6.04 Å². The van der Waals surface area contributed by atoms with E-state index in [2.05, 4.69) is 5.32 Å². The van der Waals surface area contributed by atoms with Crippen molar-refractivity contribution in [1.29, 1.82) is 0 Å². The molecule has 1 aromatic heterocycles. The third-order valence-electron chi connectivity index (χ3n) is 4.59. The molecule has 144 valence electrons. The second-order valence-electron chi connectivity index (χ2n) is 6.56. The van der Waals surface area contributed by atoms with E-state index in [0.717, 1.165) is 21.2 Å². The third-order valence-corrected chi connectivity index (χ3v) is 5.52. The summed E-state index contributed by atoms with van der Waals surface area (Å²) in [4.78, 5) is 25.9. The summed E-state index contributed by atoms with van der Waals surface area (Å²) < 4.78 is 5.25. The summed E-state index contributed by atoms with van der Waals surface area (Å²) in [7, 11) is 0. The summed E-state index contributed by atoms with van der Waals surface area (Å²) >= 11 is 1.57. The first kappa shape index (κ1) is 18.9. The summed E-state index contributed by atoms with van der Waals surface area (Å²) in [6.07, 6.45) is 0. The van der Waals surface area contributed by atoms with Crippen LogP contribution < -0.4 is 5.32 Å². The highest BCUT2D eigenvalue weighted by Gasteiger charge is 2.19. The summed E-state index contributed by atoms with van der Waals surface area (Å²) in [5.74, 6) is -0.861. The molecule has 1 atom stereocenters. The van der Waals surface area contributed by atoms with Gasteiger partial charge in [0.2, 0.25) is 0 Å². The maximum atomic E-state index is 12.5. The van der Waals surface area contributed by atoms with Gasteiger partial charge in [0, 0.05) is 4.88 Å². The van der Waals surface area contributed by atoms with Gasteiger partial charge in [0.15, 0.2) is 6.61 Å². The molecule has 1 heterocycles. The summed E-state index contributed by atoms with van der Waals surface area (Å²) in [5.41, 5.74) is 1.40. The van der Waals surface area contributed by atoms with Gasteiger partial charge in [0.25, 0.3) is 5.91 Å². The minimum atomic E-state index is -0.515. The molecule has 4 rings (SSSR count). The number of ether oxygens (including phenoxy) is 1. The van der Waals surface area contributed by atoms with Crippen LogP contribution in [0.3, 0.4) is 0 Å². The SMILES string of the molecule is O=C(COC(=O)c1ccc2ccccc2c1)N[C@H](c1ccccc1)c1cccs1. The van der Waals surface area contributed by atoms with Crippen molar-refractivity contribution in [3.63, 3.8) is 0 Å². The van der Waals surface area contributed by atoms with Gasteiger partial charge in [0.05, 0.1) is 11.6 Å². The molecule has 0 saturated carbocycles. The Morgan fingerprint density at radius 3 is 2.38 bits per heavy atom. The summed E-state index contributed by atoms with van der Waals surface area (Å²) in [6, 6.07) is 26.5. The van der Waals surface area contributed by atoms with Gasteiger partial charge in [-0.3, -0.25) is 4.79 Å². The van der Waals surface area contributed by atoms with Crippen molar-refractivity contribution in [1.82, 2.24) is 5.32 Å². The average molecular weight is 401 g/mol. The van der Waals surface area contributed by atoms with Gasteiger partial charge in [-0.15, -0.1) is 11.3 Å². The maximum absolute atomic E-state index is 12.5. The second-order valence-corrected chi connectivity index (χ2v) is 7.54. The molecule has 1 N–H and O–H groups in total. The van der Waals surface area contributed by atoms with Crippen LogP contribution in [0, 0.1) is 0 Å². The summed E-state index contributed by atoms with van der Waals surface area (Å²) in [6.45, 7) is -0.333. The number of carbonyl (C=O) groups is 2. The zero-order valence-electron chi connectivity index (χ0n) is 15.6. The minimum absolute atomic E-state index is 0.275. The van der Waals surface area contributed by atoms with E-state index in [1.54, 1.807) is 23.5 Å². The molecule has 4 nitrogen and oxygen atoms in total. The van der Waals surface area contributed by atoms with E-state index in [0.29, 0.717) is 5.56 Å². The highest BCUT2D eigenvalue weighted by Crippen LogP contribution is 2.25. The molecule has 5 heteroatoms. The molecular weight excluding hydrogens is 382 g/mol. The molecule has 1 amide bonds. The van der Waals surface area contributed by atoms with Gasteiger partial charge in [-0.2, -0.15) is 0 Å². The fourth-order valence-electron chi connectivity index (χ4n) is 3.15. The van der Waals surface area contributed by atoms with E-state index in [4.69, 9.17) is 4.74 Å². The van der Waals surface area contributed by atoms with Gasteiger partial charge < -0.3 is 10.1 Å². The number of carbonyl (C=O) groups excluding carboxylic acids is 2.